The molecular formula is C9H19NO2. The Hall–Kier alpha value is -0.570. The lowest BCUT2D eigenvalue weighted by Gasteiger charge is -2.27. The van der Waals surface area contributed by atoms with Gasteiger partial charge >= 0.3 is 5.97 Å². The normalized spacial score (nSPS) is 11.6. The fraction of sp³-hybridized carbons (Fsp3) is 0.889. The topological polar surface area (TPSA) is 49.3 Å². The number of carboxylic acids is 1. The minimum atomic E-state index is -0.739. The summed E-state index contributed by atoms with van der Waals surface area (Å²) >= 11 is 0. The lowest BCUT2D eigenvalue weighted by molar-refractivity contribution is -0.136. The van der Waals surface area contributed by atoms with E-state index in [9.17, 15) is 4.79 Å². The molecule has 0 atom stereocenters. The molecule has 0 rings (SSSR count). The molecule has 0 radical (unpaired) electrons. The molecule has 0 saturated heterocycles. The number of rotatable bonds is 6. The van der Waals surface area contributed by atoms with Crippen molar-refractivity contribution in [2.24, 2.45) is 0 Å². The molecule has 0 aromatic carbocycles. The Kier molecular flexibility index (Phi) is 4.90. The monoisotopic (exact) mass is 173 g/mol. The van der Waals surface area contributed by atoms with Crippen LogP contribution in [-0.4, -0.2) is 23.2 Å². The second kappa shape index (κ2) is 5.14. The summed E-state index contributed by atoms with van der Waals surface area (Å²) in [6.07, 6.45) is 2.27. The summed E-state index contributed by atoms with van der Waals surface area (Å²) in [4.78, 5) is 10.2. The summed E-state index contributed by atoms with van der Waals surface area (Å²) < 4.78 is 0. The van der Waals surface area contributed by atoms with Crippen LogP contribution in [-0.2, 0) is 4.79 Å². The van der Waals surface area contributed by atoms with Crippen molar-refractivity contribution in [2.75, 3.05) is 6.54 Å². The van der Waals surface area contributed by atoms with Gasteiger partial charge in [0.25, 0.3) is 0 Å². The number of hydrogen-bond acceptors (Lipinski definition) is 2. The van der Waals surface area contributed by atoms with Gasteiger partial charge in [-0.1, -0.05) is 13.8 Å². The van der Waals surface area contributed by atoms with E-state index in [2.05, 4.69) is 26.1 Å². The maximum atomic E-state index is 10.2. The van der Waals surface area contributed by atoms with Gasteiger partial charge in [-0.05, 0) is 19.8 Å². The third-order valence-electron chi connectivity index (χ3n) is 2.45. The van der Waals surface area contributed by atoms with Gasteiger partial charge in [0, 0.05) is 12.1 Å². The van der Waals surface area contributed by atoms with Crippen LogP contribution in [0.3, 0.4) is 0 Å². The van der Waals surface area contributed by atoms with E-state index in [-0.39, 0.29) is 12.0 Å². The average Bonchev–Trinajstić information content (AvgIpc) is 2.03. The van der Waals surface area contributed by atoms with Crippen molar-refractivity contribution in [3.8, 4) is 0 Å². The quantitative estimate of drug-likeness (QED) is 0.642. The number of aliphatic carboxylic acids is 1. The van der Waals surface area contributed by atoms with Crippen LogP contribution < -0.4 is 5.32 Å². The minimum Gasteiger partial charge on any atom is -0.481 e. The molecule has 0 aliphatic rings. The van der Waals surface area contributed by atoms with Crippen LogP contribution in [0.5, 0.6) is 0 Å². The van der Waals surface area contributed by atoms with Gasteiger partial charge in [-0.25, -0.2) is 0 Å². The summed E-state index contributed by atoms with van der Waals surface area (Å²) in [5.74, 6) is -0.739. The Labute approximate surface area is 74.2 Å². The van der Waals surface area contributed by atoms with E-state index in [1.54, 1.807) is 0 Å². The lowest BCUT2D eigenvalue weighted by atomic mass is 9.95. The third kappa shape index (κ3) is 4.34. The molecule has 0 aromatic rings. The van der Waals surface area contributed by atoms with Crippen molar-refractivity contribution in [1.82, 2.24) is 5.32 Å². The molecule has 3 nitrogen and oxygen atoms in total. The van der Waals surface area contributed by atoms with Gasteiger partial charge in [0.2, 0.25) is 0 Å². The zero-order chi connectivity index (χ0) is 9.61. The molecule has 0 aliphatic carbocycles. The van der Waals surface area contributed by atoms with Gasteiger partial charge in [0.1, 0.15) is 0 Å². The number of hydrogen-bond donors (Lipinski definition) is 2. The van der Waals surface area contributed by atoms with Crippen LogP contribution in [0.1, 0.15) is 40.0 Å². The van der Waals surface area contributed by atoms with Crippen molar-refractivity contribution < 1.29 is 9.90 Å². The standard InChI is InChI=1S/C9H19NO2/c1-4-9(3,5-2)10-7-6-8(11)12/h10H,4-7H2,1-3H3,(H,11,12). The molecule has 0 aromatic heterocycles. The molecule has 12 heavy (non-hydrogen) atoms. The van der Waals surface area contributed by atoms with Gasteiger partial charge < -0.3 is 10.4 Å². The highest BCUT2D eigenvalue weighted by molar-refractivity contribution is 5.66. The van der Waals surface area contributed by atoms with Crippen LogP contribution in [0.2, 0.25) is 0 Å². The Balaban J connectivity index is 3.65. The highest BCUT2D eigenvalue weighted by Gasteiger charge is 2.17. The van der Waals surface area contributed by atoms with E-state index in [0.29, 0.717) is 6.54 Å². The number of carboxylic acid groups (broad SMARTS) is 1. The highest BCUT2D eigenvalue weighted by atomic mass is 16.4. The van der Waals surface area contributed by atoms with Gasteiger partial charge in [0.05, 0.1) is 6.42 Å². The minimum absolute atomic E-state index is 0.107. The molecule has 0 saturated carbocycles. The summed E-state index contributed by atoms with van der Waals surface area (Å²) in [6, 6.07) is 0. The molecule has 0 aliphatic heterocycles. The Morgan fingerprint density at radius 1 is 1.42 bits per heavy atom. The molecule has 2 N–H and O–H groups in total. The predicted molar refractivity (Wildman–Crippen MR) is 49.2 cm³/mol. The van der Waals surface area contributed by atoms with Crippen LogP contribution in [0.15, 0.2) is 0 Å². The van der Waals surface area contributed by atoms with Gasteiger partial charge in [-0.15, -0.1) is 0 Å². The third-order valence-corrected chi connectivity index (χ3v) is 2.45. The first kappa shape index (κ1) is 11.4. The molecule has 0 unspecified atom stereocenters. The Morgan fingerprint density at radius 2 is 1.92 bits per heavy atom. The van der Waals surface area contributed by atoms with E-state index in [1.165, 1.54) is 0 Å². The van der Waals surface area contributed by atoms with Crippen LogP contribution in [0.25, 0.3) is 0 Å². The number of carbonyl (C=O) groups is 1. The maximum Gasteiger partial charge on any atom is 0.304 e. The molecule has 0 bridgehead atoms. The molecule has 0 spiro atoms. The molecule has 72 valence electrons. The van der Waals surface area contributed by atoms with E-state index < -0.39 is 5.97 Å². The Bertz CT molecular complexity index is 141. The van der Waals surface area contributed by atoms with E-state index in [0.717, 1.165) is 12.8 Å². The van der Waals surface area contributed by atoms with Crippen LogP contribution in [0, 0.1) is 0 Å². The predicted octanol–water partition coefficient (Wildman–Crippen LogP) is 1.63. The fourth-order valence-electron chi connectivity index (χ4n) is 0.971. The average molecular weight is 173 g/mol. The van der Waals surface area contributed by atoms with Crippen LogP contribution in [0.4, 0.5) is 0 Å². The SMILES string of the molecule is CCC(C)(CC)NCCC(=O)O. The molecule has 0 heterocycles. The molecule has 3 heteroatoms. The van der Waals surface area contributed by atoms with E-state index in [4.69, 9.17) is 5.11 Å². The first-order chi connectivity index (χ1) is 5.54. The zero-order valence-corrected chi connectivity index (χ0v) is 8.18. The van der Waals surface area contributed by atoms with Crippen molar-refractivity contribution in [2.45, 2.75) is 45.6 Å². The van der Waals surface area contributed by atoms with Crippen molar-refractivity contribution >= 4 is 5.97 Å². The van der Waals surface area contributed by atoms with Crippen molar-refractivity contribution in [3.63, 3.8) is 0 Å². The van der Waals surface area contributed by atoms with Gasteiger partial charge in [0.15, 0.2) is 0 Å². The van der Waals surface area contributed by atoms with Gasteiger partial charge in [-0.3, -0.25) is 4.79 Å². The van der Waals surface area contributed by atoms with Gasteiger partial charge in [-0.2, -0.15) is 0 Å². The number of nitrogens with one attached hydrogen (secondary N) is 1. The summed E-state index contributed by atoms with van der Waals surface area (Å²) in [5, 5.41) is 11.7. The first-order valence-electron chi connectivity index (χ1n) is 4.51. The molecule has 0 amide bonds. The molecular weight excluding hydrogens is 154 g/mol. The summed E-state index contributed by atoms with van der Waals surface area (Å²) in [6.45, 7) is 6.90. The smallest absolute Gasteiger partial charge is 0.304 e. The summed E-state index contributed by atoms with van der Waals surface area (Å²) in [5.41, 5.74) is 0.107. The van der Waals surface area contributed by atoms with E-state index in [1.807, 2.05) is 0 Å². The van der Waals surface area contributed by atoms with Crippen LogP contribution >= 0.6 is 0 Å². The van der Waals surface area contributed by atoms with Crippen molar-refractivity contribution in [1.29, 1.82) is 0 Å². The lowest BCUT2D eigenvalue weighted by Crippen LogP contribution is -2.42. The van der Waals surface area contributed by atoms with E-state index >= 15 is 0 Å². The Morgan fingerprint density at radius 3 is 2.25 bits per heavy atom. The highest BCUT2D eigenvalue weighted by Crippen LogP contribution is 2.12. The first-order valence-corrected chi connectivity index (χ1v) is 4.51. The molecule has 0 fully saturated rings. The maximum absolute atomic E-state index is 10.2. The summed E-state index contributed by atoms with van der Waals surface area (Å²) in [7, 11) is 0. The largest absolute Gasteiger partial charge is 0.481 e. The fourth-order valence-corrected chi connectivity index (χ4v) is 0.971. The zero-order valence-electron chi connectivity index (χ0n) is 8.18. The second-order valence-corrected chi connectivity index (χ2v) is 3.34. The second-order valence-electron chi connectivity index (χ2n) is 3.34. The van der Waals surface area contributed by atoms with Crippen molar-refractivity contribution in [3.05, 3.63) is 0 Å².